The van der Waals surface area contributed by atoms with Crippen molar-refractivity contribution in [2.24, 2.45) is 0 Å². The van der Waals surface area contributed by atoms with Gasteiger partial charge in [-0.3, -0.25) is 0 Å². The van der Waals surface area contributed by atoms with Gasteiger partial charge in [0.1, 0.15) is 22.3 Å². The Kier molecular flexibility index (Phi) is 6.81. The molecule has 8 aromatic carbocycles. The molecule has 51 heavy (non-hydrogen) atoms. The molecule has 0 amide bonds. The van der Waals surface area contributed by atoms with Crippen molar-refractivity contribution in [2.45, 2.75) is 0 Å². The fraction of sp³-hybridized carbons (Fsp3) is 0. The average molecular weight is 654 g/mol. The molecule has 10 rings (SSSR count). The summed E-state index contributed by atoms with van der Waals surface area (Å²) in [4.78, 5) is 2.30. The molecule has 0 atom stereocenters. The third kappa shape index (κ3) is 5.06. The Morgan fingerprint density at radius 3 is 1.35 bits per heavy atom. The van der Waals surface area contributed by atoms with E-state index in [0.29, 0.717) is 0 Å². The lowest BCUT2D eigenvalue weighted by Crippen LogP contribution is -2.09. The summed E-state index contributed by atoms with van der Waals surface area (Å²) in [6.07, 6.45) is 0. The summed E-state index contributed by atoms with van der Waals surface area (Å²) < 4.78 is 12.7. The van der Waals surface area contributed by atoms with Crippen LogP contribution in [0.2, 0.25) is 0 Å². The average Bonchev–Trinajstić information content (AvgIpc) is 3.76. The fourth-order valence-electron chi connectivity index (χ4n) is 7.39. The second kappa shape index (κ2) is 11.9. The van der Waals surface area contributed by atoms with Gasteiger partial charge in [0, 0.05) is 44.7 Å². The van der Waals surface area contributed by atoms with Gasteiger partial charge in [0.05, 0.1) is 0 Å². The van der Waals surface area contributed by atoms with Crippen LogP contribution in [-0.4, -0.2) is 0 Å². The highest BCUT2D eigenvalue weighted by Crippen LogP contribution is 2.42. The topological polar surface area (TPSA) is 29.5 Å². The molecule has 0 saturated heterocycles. The minimum absolute atomic E-state index is 0.864. The van der Waals surface area contributed by atoms with Crippen molar-refractivity contribution in [3.05, 3.63) is 188 Å². The maximum atomic E-state index is 6.36. The van der Waals surface area contributed by atoms with Crippen LogP contribution in [0.5, 0.6) is 0 Å². The first kappa shape index (κ1) is 29.1. The normalized spacial score (nSPS) is 11.5. The van der Waals surface area contributed by atoms with Crippen LogP contribution in [0.1, 0.15) is 0 Å². The maximum Gasteiger partial charge on any atom is 0.137 e. The molecule has 3 nitrogen and oxygen atoms in total. The monoisotopic (exact) mass is 653 g/mol. The lowest BCUT2D eigenvalue weighted by Gasteiger charge is -2.26. The zero-order chi connectivity index (χ0) is 33.7. The summed E-state index contributed by atoms with van der Waals surface area (Å²) >= 11 is 0. The highest BCUT2D eigenvalue weighted by molar-refractivity contribution is 6.09. The van der Waals surface area contributed by atoms with Crippen LogP contribution in [0.25, 0.3) is 77.3 Å². The predicted octanol–water partition coefficient (Wildman–Crippen LogP) is 14.0. The summed E-state index contributed by atoms with van der Waals surface area (Å²) in [5.74, 6) is 0. The molecule has 0 spiro atoms. The molecular weight excluding hydrogens is 623 g/mol. The Morgan fingerprint density at radius 1 is 0.275 bits per heavy atom. The number of hydrogen-bond acceptors (Lipinski definition) is 3. The molecule has 3 heteroatoms. The first-order chi connectivity index (χ1) is 25.3. The van der Waals surface area contributed by atoms with Crippen molar-refractivity contribution in [1.29, 1.82) is 0 Å². The first-order valence-corrected chi connectivity index (χ1v) is 17.2. The van der Waals surface area contributed by atoms with Crippen molar-refractivity contribution < 1.29 is 8.83 Å². The molecular formula is C48H31NO2. The first-order valence-electron chi connectivity index (χ1n) is 17.2. The largest absolute Gasteiger partial charge is 0.456 e. The van der Waals surface area contributed by atoms with Gasteiger partial charge in [-0.05, 0) is 94.0 Å². The molecule has 0 N–H and O–H groups in total. The number of anilines is 3. The third-order valence-electron chi connectivity index (χ3n) is 9.89. The van der Waals surface area contributed by atoms with Crippen LogP contribution < -0.4 is 4.90 Å². The van der Waals surface area contributed by atoms with Gasteiger partial charge in [-0.25, -0.2) is 0 Å². The predicted molar refractivity (Wildman–Crippen MR) is 212 cm³/mol. The summed E-state index contributed by atoms with van der Waals surface area (Å²) in [6, 6.07) is 66.2. The minimum atomic E-state index is 0.864. The molecule has 0 aliphatic carbocycles. The summed E-state index contributed by atoms with van der Waals surface area (Å²) in [7, 11) is 0. The van der Waals surface area contributed by atoms with Crippen LogP contribution in [0.3, 0.4) is 0 Å². The second-order valence-corrected chi connectivity index (χ2v) is 12.9. The Balaban J connectivity index is 1.11. The van der Waals surface area contributed by atoms with Crippen LogP contribution >= 0.6 is 0 Å². The second-order valence-electron chi connectivity index (χ2n) is 12.9. The van der Waals surface area contributed by atoms with Gasteiger partial charge in [0.15, 0.2) is 0 Å². The minimum Gasteiger partial charge on any atom is -0.456 e. The van der Waals surface area contributed by atoms with Gasteiger partial charge in [-0.1, -0.05) is 121 Å². The third-order valence-corrected chi connectivity index (χ3v) is 9.89. The van der Waals surface area contributed by atoms with Gasteiger partial charge in [-0.15, -0.1) is 0 Å². The van der Waals surface area contributed by atoms with E-state index in [4.69, 9.17) is 8.83 Å². The molecule has 2 heterocycles. The molecule has 0 saturated carbocycles. The molecule has 0 bridgehead atoms. The van der Waals surface area contributed by atoms with E-state index in [9.17, 15) is 0 Å². The van der Waals surface area contributed by atoms with E-state index in [2.05, 4.69) is 169 Å². The highest BCUT2D eigenvalue weighted by Gasteiger charge is 2.18. The van der Waals surface area contributed by atoms with Crippen LogP contribution in [-0.2, 0) is 0 Å². The van der Waals surface area contributed by atoms with Gasteiger partial charge < -0.3 is 13.7 Å². The number of hydrogen-bond donors (Lipinski definition) is 0. The van der Waals surface area contributed by atoms with Crippen molar-refractivity contribution in [3.8, 4) is 33.4 Å². The van der Waals surface area contributed by atoms with E-state index in [0.717, 1.165) is 72.1 Å². The van der Waals surface area contributed by atoms with Crippen molar-refractivity contribution in [3.63, 3.8) is 0 Å². The number of fused-ring (bicyclic) bond motifs is 6. The number of para-hydroxylation sites is 2. The van der Waals surface area contributed by atoms with Crippen LogP contribution in [0, 0.1) is 0 Å². The number of furan rings is 2. The smallest absolute Gasteiger partial charge is 0.137 e. The molecule has 0 aliphatic rings. The fourth-order valence-corrected chi connectivity index (χ4v) is 7.39. The lowest BCUT2D eigenvalue weighted by molar-refractivity contribution is 0.668. The SMILES string of the molecule is c1ccc(-c2ccc(N(c3ccc(-c4cc5oc6ccccc6c5cc4-c4ccccc4)cc3)c3ccc4c(c3)oc3ccccc34)cc2)cc1. The lowest BCUT2D eigenvalue weighted by atomic mass is 9.92. The number of benzene rings is 8. The summed E-state index contributed by atoms with van der Waals surface area (Å²) in [5.41, 5.74) is 13.6. The zero-order valence-corrected chi connectivity index (χ0v) is 27.7. The standard InChI is InChI=1S/C48H31NO2/c1-3-11-32(12-4-1)33-19-23-36(24-20-33)49(38-27-28-41-39-15-7-9-17-45(39)50-47(41)29-38)37-25-21-35(22-26-37)43-31-48-44(40-16-8-10-18-46(40)51-48)30-42(43)34-13-5-2-6-14-34/h1-31H. The van der Waals surface area contributed by atoms with Gasteiger partial charge >= 0.3 is 0 Å². The van der Waals surface area contributed by atoms with Crippen LogP contribution in [0.15, 0.2) is 197 Å². The summed E-state index contributed by atoms with van der Waals surface area (Å²) in [5, 5.41) is 4.48. The molecule has 0 radical (unpaired) electrons. The Hall–Kier alpha value is -6.84. The van der Waals surface area contributed by atoms with Gasteiger partial charge in [0.2, 0.25) is 0 Å². The number of nitrogens with zero attached hydrogens (tertiary/aromatic N) is 1. The van der Waals surface area contributed by atoms with E-state index in [1.165, 1.54) is 22.3 Å². The van der Waals surface area contributed by atoms with Gasteiger partial charge in [-0.2, -0.15) is 0 Å². The van der Waals surface area contributed by atoms with E-state index in [1.807, 2.05) is 24.3 Å². The van der Waals surface area contributed by atoms with Crippen LogP contribution in [0.4, 0.5) is 17.1 Å². The van der Waals surface area contributed by atoms with Crippen molar-refractivity contribution >= 4 is 60.9 Å². The summed E-state index contributed by atoms with van der Waals surface area (Å²) in [6.45, 7) is 0. The quantitative estimate of drug-likeness (QED) is 0.179. The zero-order valence-electron chi connectivity index (χ0n) is 27.7. The Morgan fingerprint density at radius 2 is 0.706 bits per heavy atom. The molecule has 0 fully saturated rings. The van der Waals surface area contributed by atoms with Crippen molar-refractivity contribution in [1.82, 2.24) is 0 Å². The molecule has 0 aliphatic heterocycles. The molecule has 240 valence electrons. The molecule has 0 unspecified atom stereocenters. The van der Waals surface area contributed by atoms with E-state index in [-0.39, 0.29) is 0 Å². The van der Waals surface area contributed by atoms with E-state index >= 15 is 0 Å². The van der Waals surface area contributed by atoms with E-state index < -0.39 is 0 Å². The highest BCUT2D eigenvalue weighted by atomic mass is 16.3. The van der Waals surface area contributed by atoms with Gasteiger partial charge in [0.25, 0.3) is 0 Å². The Labute approximate surface area is 295 Å². The molecule has 10 aromatic rings. The molecule has 2 aromatic heterocycles. The van der Waals surface area contributed by atoms with E-state index in [1.54, 1.807) is 0 Å². The maximum absolute atomic E-state index is 6.36. The van der Waals surface area contributed by atoms with Crippen molar-refractivity contribution in [2.75, 3.05) is 4.90 Å². The Bertz CT molecular complexity index is 2830. The number of rotatable bonds is 6.